The summed E-state index contributed by atoms with van der Waals surface area (Å²) in [5.41, 5.74) is -0.0163. The second kappa shape index (κ2) is 15.8. The number of nitrogens with one attached hydrogen (secondary N) is 3. The molecule has 1 aromatic carbocycles. The molecule has 10 heteroatoms. The first kappa shape index (κ1) is 38.3. The van der Waals surface area contributed by atoms with E-state index < -0.39 is 50.1 Å². The molecule has 0 aliphatic carbocycles. The molecule has 1 aromatic rings. The van der Waals surface area contributed by atoms with Gasteiger partial charge in [-0.25, -0.2) is 13.1 Å². The number of hydrogen-bond acceptors (Lipinski definition) is 6. The van der Waals surface area contributed by atoms with Gasteiger partial charge in [0.25, 0.3) is 5.91 Å². The summed E-state index contributed by atoms with van der Waals surface area (Å²) in [4.78, 5) is 42.2. The molecule has 0 aliphatic heterocycles. The zero-order chi connectivity index (χ0) is 33.3. The van der Waals surface area contributed by atoms with E-state index in [1.54, 1.807) is 34.0 Å². The van der Waals surface area contributed by atoms with Crippen LogP contribution in [0, 0.1) is 11.3 Å². The summed E-state index contributed by atoms with van der Waals surface area (Å²) in [6, 6.07) is 7.74. The van der Waals surface area contributed by atoms with Crippen LogP contribution in [0.15, 0.2) is 42.0 Å². The molecule has 9 nitrogen and oxygen atoms in total. The minimum Gasteiger partial charge on any atom is -0.342 e. The van der Waals surface area contributed by atoms with Gasteiger partial charge in [0.05, 0.1) is 17.3 Å². The summed E-state index contributed by atoms with van der Waals surface area (Å²) < 4.78 is 27.6. The van der Waals surface area contributed by atoms with Gasteiger partial charge in [0.1, 0.15) is 6.04 Å². The SMILES string of the molecule is CCCCC(C)S(=O)(=O)NC(=O)/C(C)=C/[C@H](C(C)C)N(C)C(=O)C(NC(=O)[C@@H](NC)C(C)(C)c1ccccc1)C(C)(C)C. The van der Waals surface area contributed by atoms with Crippen LogP contribution >= 0.6 is 0 Å². The normalized spacial score (nSPS) is 15.8. The third-order valence-corrected chi connectivity index (χ3v) is 9.94. The van der Waals surface area contributed by atoms with Crippen molar-refractivity contribution in [3.8, 4) is 0 Å². The number of sulfonamides is 1. The van der Waals surface area contributed by atoms with Crippen LogP contribution in [0.4, 0.5) is 0 Å². The van der Waals surface area contributed by atoms with E-state index in [9.17, 15) is 22.8 Å². The molecule has 0 aliphatic rings. The van der Waals surface area contributed by atoms with Crippen molar-refractivity contribution in [3.05, 3.63) is 47.5 Å². The van der Waals surface area contributed by atoms with Crippen LogP contribution in [0.1, 0.15) is 94.1 Å². The Morgan fingerprint density at radius 1 is 0.977 bits per heavy atom. The van der Waals surface area contributed by atoms with E-state index in [-0.39, 0.29) is 23.3 Å². The molecular weight excluding hydrogens is 564 g/mol. The minimum atomic E-state index is -3.83. The number of likely N-dealkylation sites (N-methyl/N-ethyl adjacent to an activating group) is 2. The molecule has 0 saturated heterocycles. The molecule has 4 atom stereocenters. The standard InChI is InChI=1S/C33H56N4O5S/c1-13-14-18-24(5)43(41,42)36-29(38)23(4)21-26(22(2)3)37(12)31(40)28(32(6,7)8)35-30(39)27(34-11)33(9,10)25-19-16-15-17-20-25/h15-17,19-22,24,26-28,34H,13-14,18H2,1-12H3,(H,35,39)(H,36,38)/b23-21+/t24?,26-,27-,28?/m1/s1. The molecule has 244 valence electrons. The van der Waals surface area contributed by atoms with Gasteiger partial charge in [0, 0.05) is 18.0 Å². The van der Waals surface area contributed by atoms with Gasteiger partial charge in [-0.2, -0.15) is 0 Å². The van der Waals surface area contributed by atoms with Crippen molar-refractivity contribution in [1.29, 1.82) is 0 Å². The Hall–Kier alpha value is -2.72. The van der Waals surface area contributed by atoms with Gasteiger partial charge in [-0.3, -0.25) is 14.4 Å². The predicted octanol–water partition coefficient (Wildman–Crippen LogP) is 4.54. The quantitative estimate of drug-likeness (QED) is 0.248. The second-order valence-corrected chi connectivity index (χ2v) is 15.7. The molecular formula is C33H56N4O5S. The lowest BCUT2D eigenvalue weighted by molar-refractivity contribution is -0.140. The highest BCUT2D eigenvalue weighted by Gasteiger charge is 2.41. The number of carbonyl (C=O) groups is 3. The monoisotopic (exact) mass is 620 g/mol. The van der Waals surface area contributed by atoms with Gasteiger partial charge in [0.15, 0.2) is 0 Å². The molecule has 0 radical (unpaired) electrons. The van der Waals surface area contributed by atoms with E-state index in [0.717, 1.165) is 18.4 Å². The number of nitrogens with zero attached hydrogens (tertiary/aromatic N) is 1. The topological polar surface area (TPSA) is 125 Å². The maximum absolute atomic E-state index is 14.0. The van der Waals surface area contributed by atoms with Crippen LogP contribution in [0.25, 0.3) is 0 Å². The molecule has 0 aromatic heterocycles. The van der Waals surface area contributed by atoms with Crippen molar-refractivity contribution in [3.63, 3.8) is 0 Å². The van der Waals surface area contributed by atoms with Gasteiger partial charge in [0.2, 0.25) is 21.8 Å². The Bertz CT molecular complexity index is 1220. The molecule has 0 heterocycles. The summed E-state index contributed by atoms with van der Waals surface area (Å²) in [7, 11) is -0.458. The van der Waals surface area contributed by atoms with Crippen LogP contribution in [0.3, 0.4) is 0 Å². The lowest BCUT2D eigenvalue weighted by Crippen LogP contribution is -2.61. The van der Waals surface area contributed by atoms with E-state index in [2.05, 4.69) is 15.4 Å². The molecule has 0 saturated carbocycles. The molecule has 0 spiro atoms. The smallest absolute Gasteiger partial charge is 0.260 e. The van der Waals surface area contributed by atoms with Gasteiger partial charge < -0.3 is 15.5 Å². The van der Waals surface area contributed by atoms with Crippen molar-refractivity contribution in [2.45, 2.75) is 117 Å². The van der Waals surface area contributed by atoms with Crippen molar-refractivity contribution in [2.75, 3.05) is 14.1 Å². The van der Waals surface area contributed by atoms with E-state index >= 15 is 0 Å². The zero-order valence-corrected chi connectivity index (χ0v) is 29.2. The molecule has 1 rings (SSSR count). The highest BCUT2D eigenvalue weighted by molar-refractivity contribution is 7.90. The van der Waals surface area contributed by atoms with Crippen LogP contribution in [0.2, 0.25) is 0 Å². The second-order valence-electron chi connectivity index (χ2n) is 13.6. The molecule has 0 bridgehead atoms. The summed E-state index contributed by atoms with van der Waals surface area (Å²) >= 11 is 0. The fraction of sp³-hybridized carbons (Fsp3) is 0.667. The highest BCUT2D eigenvalue weighted by Crippen LogP contribution is 2.29. The van der Waals surface area contributed by atoms with E-state index in [1.165, 1.54) is 4.90 Å². The Kier molecular flexibility index (Phi) is 14.1. The van der Waals surface area contributed by atoms with E-state index in [0.29, 0.717) is 6.42 Å². The van der Waals surface area contributed by atoms with Crippen LogP contribution in [-0.4, -0.2) is 68.5 Å². The number of carbonyl (C=O) groups excluding carboxylic acids is 3. The lowest BCUT2D eigenvalue weighted by atomic mass is 9.76. The number of rotatable bonds is 15. The van der Waals surface area contributed by atoms with Crippen LogP contribution < -0.4 is 15.4 Å². The van der Waals surface area contributed by atoms with Crippen LogP contribution in [0.5, 0.6) is 0 Å². The van der Waals surface area contributed by atoms with Crippen molar-refractivity contribution < 1.29 is 22.8 Å². The Labute approximate surface area is 260 Å². The highest BCUT2D eigenvalue weighted by atomic mass is 32.2. The first-order valence-electron chi connectivity index (χ1n) is 15.3. The van der Waals surface area contributed by atoms with Crippen molar-refractivity contribution >= 4 is 27.7 Å². The summed E-state index contributed by atoms with van der Waals surface area (Å²) in [5.74, 6) is -1.42. The van der Waals surface area contributed by atoms with Crippen molar-refractivity contribution in [1.82, 2.24) is 20.3 Å². The van der Waals surface area contributed by atoms with Crippen molar-refractivity contribution in [2.24, 2.45) is 11.3 Å². The van der Waals surface area contributed by atoms with Gasteiger partial charge in [-0.15, -0.1) is 0 Å². The molecule has 43 heavy (non-hydrogen) atoms. The molecule has 0 fully saturated rings. The number of amides is 3. The number of unbranched alkanes of at least 4 members (excludes halogenated alkanes) is 1. The summed E-state index contributed by atoms with van der Waals surface area (Å²) in [6.07, 6.45) is 3.70. The predicted molar refractivity (Wildman–Crippen MR) is 175 cm³/mol. The number of hydrogen-bond donors (Lipinski definition) is 3. The first-order chi connectivity index (χ1) is 19.7. The Morgan fingerprint density at radius 3 is 2.00 bits per heavy atom. The maximum atomic E-state index is 14.0. The van der Waals surface area contributed by atoms with Gasteiger partial charge in [-0.1, -0.05) is 105 Å². The minimum absolute atomic E-state index is 0.102. The van der Waals surface area contributed by atoms with E-state index in [1.807, 2.05) is 85.7 Å². The van der Waals surface area contributed by atoms with Crippen LogP contribution in [-0.2, 0) is 29.8 Å². The third-order valence-electron chi connectivity index (χ3n) is 8.18. The van der Waals surface area contributed by atoms with E-state index in [4.69, 9.17) is 0 Å². The fourth-order valence-electron chi connectivity index (χ4n) is 5.12. The molecule has 3 amide bonds. The fourth-order valence-corrected chi connectivity index (χ4v) is 6.22. The molecule has 3 N–H and O–H groups in total. The lowest BCUT2D eigenvalue weighted by Gasteiger charge is -2.40. The first-order valence-corrected chi connectivity index (χ1v) is 16.8. The molecule has 2 unspecified atom stereocenters. The average molecular weight is 621 g/mol. The van der Waals surface area contributed by atoms with Gasteiger partial charge in [-0.05, 0) is 44.2 Å². The van der Waals surface area contributed by atoms with Gasteiger partial charge >= 0.3 is 0 Å². The number of benzene rings is 1. The largest absolute Gasteiger partial charge is 0.342 e. The summed E-state index contributed by atoms with van der Waals surface area (Å²) in [6.45, 7) is 18.6. The maximum Gasteiger partial charge on any atom is 0.260 e. The average Bonchev–Trinajstić information content (AvgIpc) is 2.91. The zero-order valence-electron chi connectivity index (χ0n) is 28.4. The Morgan fingerprint density at radius 2 is 1.53 bits per heavy atom. The Balaban J connectivity index is 3.28. The summed E-state index contributed by atoms with van der Waals surface area (Å²) in [5, 5.41) is 5.47. The third kappa shape index (κ3) is 10.4.